The van der Waals surface area contributed by atoms with E-state index in [1.54, 1.807) is 0 Å². The molecule has 7 heteroatoms. The van der Waals surface area contributed by atoms with Crippen LogP contribution >= 0.6 is 7.82 Å². The predicted octanol–water partition coefficient (Wildman–Crippen LogP) is -0.731. The van der Waals surface area contributed by atoms with Gasteiger partial charge >= 0.3 is 7.82 Å². The van der Waals surface area contributed by atoms with Crippen LogP contribution in [0.25, 0.3) is 0 Å². The Morgan fingerprint density at radius 2 is 2.00 bits per heavy atom. The Morgan fingerprint density at radius 1 is 1.40 bits per heavy atom. The van der Waals surface area contributed by atoms with Crippen molar-refractivity contribution in [1.29, 1.82) is 0 Å². The zero-order valence-corrected chi connectivity index (χ0v) is 5.86. The van der Waals surface area contributed by atoms with Crippen LogP contribution in [-0.4, -0.2) is 29.5 Å². The molecule has 2 N–H and O–H groups in total. The lowest BCUT2D eigenvalue weighted by Gasteiger charge is -2.02. The first-order valence-electron chi connectivity index (χ1n) is 2.31. The molecule has 0 atom stereocenters. The highest BCUT2D eigenvalue weighted by molar-refractivity contribution is 7.46. The molecule has 0 rings (SSSR count). The second-order valence-corrected chi connectivity index (χ2v) is 2.53. The quantitative estimate of drug-likeness (QED) is 0.321. The van der Waals surface area contributed by atoms with Crippen molar-refractivity contribution < 1.29 is 28.4 Å². The van der Waals surface area contributed by atoms with E-state index in [1.807, 2.05) is 0 Å². The first-order valence-corrected chi connectivity index (χ1v) is 3.84. The highest BCUT2D eigenvalue weighted by Crippen LogP contribution is 2.35. The fourth-order valence-electron chi connectivity index (χ4n) is 0.252. The molecule has 0 spiro atoms. The van der Waals surface area contributed by atoms with E-state index in [-0.39, 0.29) is 19.7 Å². The Hall–Kier alpha value is -0.420. The van der Waals surface area contributed by atoms with Gasteiger partial charge in [0, 0.05) is 0 Å². The number of carbonyl (C=O) groups is 1. The third kappa shape index (κ3) is 7.58. The van der Waals surface area contributed by atoms with Gasteiger partial charge in [-0.15, -0.1) is 0 Å². The van der Waals surface area contributed by atoms with Crippen LogP contribution in [0, 0.1) is 0 Å². The maximum atomic E-state index is 9.92. The van der Waals surface area contributed by atoms with Crippen molar-refractivity contribution in [2.75, 3.05) is 13.2 Å². The summed E-state index contributed by atoms with van der Waals surface area (Å²) < 4.78 is 17.9. The lowest BCUT2D eigenvalue weighted by Crippen LogP contribution is -2.00. The molecule has 0 aromatic carbocycles. The van der Waals surface area contributed by atoms with Gasteiger partial charge in [0.1, 0.15) is 6.61 Å². The molecular weight excluding hydrogens is 163 g/mol. The lowest BCUT2D eigenvalue weighted by molar-refractivity contribution is -0.129. The predicted molar refractivity (Wildman–Crippen MR) is 30.0 cm³/mol. The average molecular weight is 170 g/mol. The minimum atomic E-state index is -4.40. The summed E-state index contributed by atoms with van der Waals surface area (Å²) in [5, 5.41) is 0. The van der Waals surface area contributed by atoms with Crippen molar-refractivity contribution >= 4 is 14.3 Å². The Morgan fingerprint density at radius 3 is 2.40 bits per heavy atom. The number of hydrogen-bond donors (Lipinski definition) is 2. The fraction of sp³-hybridized carbons (Fsp3) is 0.667. The van der Waals surface area contributed by atoms with Crippen LogP contribution in [-0.2, 0) is 18.6 Å². The van der Waals surface area contributed by atoms with Gasteiger partial charge in [-0.25, -0.2) is 4.57 Å². The molecule has 0 bridgehead atoms. The molecule has 0 aliphatic heterocycles. The van der Waals surface area contributed by atoms with E-state index in [4.69, 9.17) is 9.79 Å². The van der Waals surface area contributed by atoms with Crippen LogP contribution in [0.5, 0.6) is 0 Å². The zero-order chi connectivity index (χ0) is 8.04. The molecule has 0 amide bonds. The maximum Gasteiger partial charge on any atom is 0.469 e. The van der Waals surface area contributed by atoms with E-state index >= 15 is 0 Å². The standard InChI is InChI=1S/C3H7O6P/c4-3-8-1-2-9-10(5,6)7/h3H,1-2H2,(H2,5,6,7). The van der Waals surface area contributed by atoms with E-state index in [0.29, 0.717) is 0 Å². The van der Waals surface area contributed by atoms with Gasteiger partial charge < -0.3 is 14.5 Å². The molecule has 60 valence electrons. The molecule has 10 heavy (non-hydrogen) atoms. The fourth-order valence-corrected chi connectivity index (χ4v) is 0.565. The van der Waals surface area contributed by atoms with E-state index < -0.39 is 7.82 Å². The molecule has 0 radical (unpaired) electrons. The highest BCUT2D eigenvalue weighted by atomic mass is 31.2. The average Bonchev–Trinajstić information content (AvgIpc) is 1.78. The number of phosphoric acid groups is 1. The Labute approximate surface area is 57.0 Å². The minimum Gasteiger partial charge on any atom is -0.465 e. The van der Waals surface area contributed by atoms with Gasteiger partial charge in [-0.2, -0.15) is 0 Å². The number of ether oxygens (including phenoxy) is 1. The van der Waals surface area contributed by atoms with Crippen molar-refractivity contribution in [1.82, 2.24) is 0 Å². The maximum absolute atomic E-state index is 9.92. The number of rotatable bonds is 5. The Bertz CT molecular complexity index is 138. The summed E-state index contributed by atoms with van der Waals surface area (Å²) in [5.74, 6) is 0. The largest absolute Gasteiger partial charge is 0.469 e. The molecule has 0 aromatic heterocycles. The van der Waals surface area contributed by atoms with Gasteiger partial charge in [0.25, 0.3) is 6.47 Å². The molecule has 0 fully saturated rings. The van der Waals surface area contributed by atoms with Gasteiger partial charge in [0.2, 0.25) is 0 Å². The summed E-state index contributed by atoms with van der Waals surface area (Å²) in [4.78, 5) is 25.6. The molecule has 0 saturated heterocycles. The Balaban J connectivity index is 3.20. The molecule has 0 saturated carbocycles. The molecule has 0 aliphatic carbocycles. The van der Waals surface area contributed by atoms with E-state index in [0.717, 1.165) is 0 Å². The molecular formula is C3H7O6P. The van der Waals surface area contributed by atoms with Crippen LogP contribution in [0.3, 0.4) is 0 Å². The monoisotopic (exact) mass is 170 g/mol. The topological polar surface area (TPSA) is 93.1 Å². The van der Waals surface area contributed by atoms with E-state index in [1.165, 1.54) is 0 Å². The van der Waals surface area contributed by atoms with Crippen LogP contribution in [0.2, 0.25) is 0 Å². The summed E-state index contributed by atoms with van der Waals surface area (Å²) >= 11 is 0. The van der Waals surface area contributed by atoms with E-state index in [9.17, 15) is 9.36 Å². The second-order valence-electron chi connectivity index (χ2n) is 1.29. The highest BCUT2D eigenvalue weighted by Gasteiger charge is 2.12. The van der Waals surface area contributed by atoms with Crippen LogP contribution in [0.4, 0.5) is 0 Å². The summed E-state index contributed by atoms with van der Waals surface area (Å²) in [7, 11) is -4.40. The molecule has 0 unspecified atom stereocenters. The van der Waals surface area contributed by atoms with Crippen LogP contribution in [0.1, 0.15) is 0 Å². The zero-order valence-electron chi connectivity index (χ0n) is 4.97. The van der Waals surface area contributed by atoms with Gasteiger partial charge in [-0.05, 0) is 0 Å². The van der Waals surface area contributed by atoms with Crippen molar-refractivity contribution in [2.24, 2.45) is 0 Å². The van der Waals surface area contributed by atoms with Crippen LogP contribution in [0.15, 0.2) is 0 Å². The first-order chi connectivity index (χ1) is 4.56. The number of phosphoric ester groups is 1. The SMILES string of the molecule is O=COCCOP(=O)(O)O. The normalized spacial score (nSPS) is 11.0. The summed E-state index contributed by atoms with van der Waals surface area (Å²) in [6, 6.07) is 0. The summed E-state index contributed by atoms with van der Waals surface area (Å²) in [5.41, 5.74) is 0. The third-order valence-corrected chi connectivity index (χ3v) is 1.05. The minimum absolute atomic E-state index is 0.158. The van der Waals surface area contributed by atoms with Gasteiger partial charge in [0.15, 0.2) is 0 Å². The van der Waals surface area contributed by atoms with Crippen molar-refractivity contribution in [3.63, 3.8) is 0 Å². The van der Waals surface area contributed by atoms with Crippen molar-refractivity contribution in [2.45, 2.75) is 0 Å². The molecule has 6 nitrogen and oxygen atoms in total. The number of carbonyl (C=O) groups excluding carboxylic acids is 1. The van der Waals surface area contributed by atoms with E-state index in [2.05, 4.69) is 9.26 Å². The van der Waals surface area contributed by atoms with Crippen molar-refractivity contribution in [3.05, 3.63) is 0 Å². The van der Waals surface area contributed by atoms with Crippen LogP contribution < -0.4 is 0 Å². The third-order valence-electron chi connectivity index (χ3n) is 0.529. The van der Waals surface area contributed by atoms with Gasteiger partial charge in [-0.3, -0.25) is 9.32 Å². The summed E-state index contributed by atoms with van der Waals surface area (Å²) in [6.45, 7) is -0.291. The molecule has 0 aromatic rings. The molecule has 0 aliphatic rings. The number of hydrogen-bond acceptors (Lipinski definition) is 4. The first kappa shape index (κ1) is 9.58. The van der Waals surface area contributed by atoms with Crippen molar-refractivity contribution in [3.8, 4) is 0 Å². The molecule has 0 heterocycles. The van der Waals surface area contributed by atoms with Gasteiger partial charge in [0.05, 0.1) is 6.61 Å². The summed E-state index contributed by atoms with van der Waals surface area (Å²) in [6.07, 6.45) is 0. The smallest absolute Gasteiger partial charge is 0.465 e. The second kappa shape index (κ2) is 4.40. The Kier molecular flexibility index (Phi) is 4.22. The lowest BCUT2D eigenvalue weighted by atomic mass is 10.8. The van der Waals surface area contributed by atoms with Gasteiger partial charge in [-0.1, -0.05) is 0 Å².